The summed E-state index contributed by atoms with van der Waals surface area (Å²) in [6.07, 6.45) is 10.9. The Balaban J connectivity index is 1.35. The summed E-state index contributed by atoms with van der Waals surface area (Å²) in [5.41, 5.74) is 4.27. The summed E-state index contributed by atoms with van der Waals surface area (Å²) >= 11 is 0. The fourth-order valence-corrected chi connectivity index (χ4v) is 4.61. The summed E-state index contributed by atoms with van der Waals surface area (Å²) in [6, 6.07) is 12.0. The largest absolute Gasteiger partial charge is 0.322 e. The van der Waals surface area contributed by atoms with E-state index >= 15 is 0 Å². The molecule has 0 bridgehead atoms. The smallest absolute Gasteiger partial charge is 0.316 e. The number of hydrogen-bond acceptors (Lipinski definition) is 3. The number of hydrogen-bond donors (Lipinski definition) is 1. The molecule has 1 spiro atoms. The highest BCUT2D eigenvalue weighted by Crippen LogP contribution is 2.60. The fourth-order valence-electron chi connectivity index (χ4n) is 4.61. The molecule has 3 heterocycles. The highest BCUT2D eigenvalue weighted by Gasteiger charge is 2.57. The molecule has 2 aliphatic rings. The molecule has 1 aromatic carbocycles. The molecular formula is C22H23N5O. The quantitative estimate of drug-likeness (QED) is 0.743. The predicted octanol–water partition coefficient (Wildman–Crippen LogP) is 4.33. The Hall–Kier alpha value is -3.15. The standard InChI is InChI=1S/C22H23N5O/c1-16-14-18(27-13-3-10-24-27)4-5-19(16)25-21(28)26-15-22(8-2-9-22)20(26)17-6-11-23-12-7-17/h3-7,10-14,20H,2,8-9,15H2,1H3,(H,25,28). The van der Waals surface area contributed by atoms with E-state index in [9.17, 15) is 4.79 Å². The van der Waals surface area contributed by atoms with Gasteiger partial charge in [0.1, 0.15) is 0 Å². The van der Waals surface area contributed by atoms with Gasteiger partial charge in [0.25, 0.3) is 0 Å². The number of amides is 2. The number of carbonyl (C=O) groups is 1. The van der Waals surface area contributed by atoms with Gasteiger partial charge >= 0.3 is 6.03 Å². The number of urea groups is 1. The molecule has 0 radical (unpaired) electrons. The Morgan fingerprint density at radius 1 is 1.18 bits per heavy atom. The van der Waals surface area contributed by atoms with Crippen molar-refractivity contribution in [2.24, 2.45) is 5.41 Å². The van der Waals surface area contributed by atoms with E-state index in [1.807, 2.05) is 71.5 Å². The Morgan fingerprint density at radius 2 is 2.00 bits per heavy atom. The molecule has 6 heteroatoms. The van der Waals surface area contributed by atoms with Crippen molar-refractivity contribution in [3.05, 3.63) is 72.3 Å². The van der Waals surface area contributed by atoms with Gasteiger partial charge in [-0.25, -0.2) is 9.48 Å². The summed E-state index contributed by atoms with van der Waals surface area (Å²) in [6.45, 7) is 2.84. The SMILES string of the molecule is Cc1cc(-n2cccn2)ccc1NC(=O)N1CC2(CCC2)C1c1ccncc1. The van der Waals surface area contributed by atoms with Crippen LogP contribution in [0.4, 0.5) is 10.5 Å². The van der Waals surface area contributed by atoms with Crippen LogP contribution in [0.1, 0.15) is 36.4 Å². The van der Waals surface area contributed by atoms with Gasteiger partial charge in [0.2, 0.25) is 0 Å². The van der Waals surface area contributed by atoms with E-state index < -0.39 is 0 Å². The van der Waals surface area contributed by atoms with Crippen molar-refractivity contribution < 1.29 is 4.79 Å². The van der Waals surface area contributed by atoms with Crippen molar-refractivity contribution in [3.63, 3.8) is 0 Å². The van der Waals surface area contributed by atoms with Crippen molar-refractivity contribution in [1.82, 2.24) is 19.7 Å². The second kappa shape index (κ2) is 6.48. The molecule has 6 nitrogen and oxygen atoms in total. The van der Waals surface area contributed by atoms with Crippen molar-refractivity contribution in [1.29, 1.82) is 0 Å². The van der Waals surface area contributed by atoms with Gasteiger partial charge in [-0.2, -0.15) is 5.10 Å². The normalized spacial score (nSPS) is 19.8. The number of benzene rings is 1. The van der Waals surface area contributed by atoms with Crippen LogP contribution in [0.15, 0.2) is 61.2 Å². The van der Waals surface area contributed by atoms with Gasteiger partial charge < -0.3 is 10.2 Å². The monoisotopic (exact) mass is 373 g/mol. The molecule has 1 saturated carbocycles. The number of likely N-dealkylation sites (tertiary alicyclic amines) is 1. The van der Waals surface area contributed by atoms with Crippen LogP contribution in [-0.4, -0.2) is 32.2 Å². The minimum absolute atomic E-state index is 0.0331. The molecule has 2 amide bonds. The van der Waals surface area contributed by atoms with Crippen LogP contribution >= 0.6 is 0 Å². The first-order valence-corrected chi connectivity index (χ1v) is 9.75. The maximum absolute atomic E-state index is 13.1. The minimum Gasteiger partial charge on any atom is -0.316 e. The number of anilines is 1. The molecule has 1 unspecified atom stereocenters. The van der Waals surface area contributed by atoms with Crippen LogP contribution in [0.25, 0.3) is 5.69 Å². The second-order valence-corrected chi connectivity index (χ2v) is 7.91. The van der Waals surface area contributed by atoms with Gasteiger partial charge in [-0.1, -0.05) is 6.42 Å². The lowest BCUT2D eigenvalue weighted by atomic mass is 9.56. The number of pyridine rings is 1. The highest BCUT2D eigenvalue weighted by molar-refractivity contribution is 5.91. The van der Waals surface area contributed by atoms with Crippen LogP contribution in [0, 0.1) is 12.3 Å². The van der Waals surface area contributed by atoms with Gasteiger partial charge in [0.15, 0.2) is 0 Å². The van der Waals surface area contributed by atoms with E-state index in [2.05, 4.69) is 15.4 Å². The lowest BCUT2D eigenvalue weighted by Crippen LogP contribution is -2.64. The number of nitrogens with zero attached hydrogens (tertiary/aromatic N) is 4. The van der Waals surface area contributed by atoms with Crippen molar-refractivity contribution in [3.8, 4) is 5.69 Å². The first-order chi connectivity index (χ1) is 13.7. The maximum atomic E-state index is 13.1. The average molecular weight is 373 g/mol. The van der Waals surface area contributed by atoms with Crippen molar-refractivity contribution in [2.75, 3.05) is 11.9 Å². The van der Waals surface area contributed by atoms with E-state index in [1.165, 1.54) is 24.8 Å². The zero-order valence-electron chi connectivity index (χ0n) is 15.9. The number of aryl methyl sites for hydroxylation is 1. The van der Waals surface area contributed by atoms with Gasteiger partial charge in [-0.15, -0.1) is 0 Å². The predicted molar refractivity (Wildman–Crippen MR) is 107 cm³/mol. The Bertz CT molecular complexity index is 995. The molecule has 28 heavy (non-hydrogen) atoms. The lowest BCUT2D eigenvalue weighted by Gasteiger charge is -2.62. The fraction of sp³-hybridized carbons (Fsp3) is 0.318. The summed E-state index contributed by atoms with van der Waals surface area (Å²) in [5.74, 6) is 0. The van der Waals surface area contributed by atoms with E-state index in [0.717, 1.165) is 23.5 Å². The van der Waals surface area contributed by atoms with Crippen molar-refractivity contribution >= 4 is 11.7 Å². The summed E-state index contributed by atoms with van der Waals surface area (Å²) in [5, 5.41) is 7.37. The van der Waals surface area contributed by atoms with Crippen LogP contribution < -0.4 is 5.32 Å². The van der Waals surface area contributed by atoms with E-state index in [4.69, 9.17) is 0 Å². The van der Waals surface area contributed by atoms with Crippen molar-refractivity contribution in [2.45, 2.75) is 32.2 Å². The van der Waals surface area contributed by atoms with Crippen LogP contribution in [0.5, 0.6) is 0 Å². The number of carbonyl (C=O) groups excluding carboxylic acids is 1. The van der Waals surface area contributed by atoms with Gasteiger partial charge in [0.05, 0.1) is 11.7 Å². The van der Waals surface area contributed by atoms with E-state index in [-0.39, 0.29) is 17.5 Å². The molecule has 5 rings (SSSR count). The summed E-state index contributed by atoms with van der Waals surface area (Å²) in [4.78, 5) is 19.2. The molecule has 1 aliphatic carbocycles. The molecule has 1 aliphatic heterocycles. The van der Waals surface area contributed by atoms with E-state index in [0.29, 0.717) is 0 Å². The van der Waals surface area contributed by atoms with E-state index in [1.54, 1.807) is 6.20 Å². The molecule has 1 atom stereocenters. The van der Waals surface area contributed by atoms with Gasteiger partial charge in [0, 0.05) is 42.4 Å². The number of aromatic nitrogens is 3. The first-order valence-electron chi connectivity index (χ1n) is 9.75. The molecule has 1 N–H and O–H groups in total. The Kier molecular flexibility index (Phi) is 3.93. The molecule has 2 aromatic heterocycles. The Morgan fingerprint density at radius 3 is 2.64 bits per heavy atom. The topological polar surface area (TPSA) is 63.1 Å². The lowest BCUT2D eigenvalue weighted by molar-refractivity contribution is -0.0970. The average Bonchev–Trinajstić information content (AvgIpc) is 3.17. The van der Waals surface area contributed by atoms with Crippen LogP contribution in [-0.2, 0) is 0 Å². The Labute approximate surface area is 164 Å². The molecule has 142 valence electrons. The summed E-state index contributed by atoms with van der Waals surface area (Å²) < 4.78 is 1.81. The zero-order valence-corrected chi connectivity index (χ0v) is 15.9. The third-order valence-electron chi connectivity index (χ3n) is 6.23. The maximum Gasteiger partial charge on any atom is 0.322 e. The molecule has 1 saturated heterocycles. The highest BCUT2D eigenvalue weighted by atomic mass is 16.2. The second-order valence-electron chi connectivity index (χ2n) is 7.91. The minimum atomic E-state index is -0.0331. The molecular weight excluding hydrogens is 350 g/mol. The molecule has 2 fully saturated rings. The first kappa shape index (κ1) is 17.0. The third-order valence-corrected chi connectivity index (χ3v) is 6.23. The third kappa shape index (κ3) is 2.68. The van der Waals surface area contributed by atoms with Gasteiger partial charge in [-0.3, -0.25) is 4.98 Å². The zero-order chi connectivity index (χ0) is 19.1. The molecule has 3 aromatic rings. The number of nitrogens with one attached hydrogen (secondary N) is 1. The number of rotatable bonds is 3. The van der Waals surface area contributed by atoms with Gasteiger partial charge in [-0.05, 0) is 67.3 Å². The van der Waals surface area contributed by atoms with Crippen LogP contribution in [0.3, 0.4) is 0 Å². The van der Waals surface area contributed by atoms with Crippen LogP contribution in [0.2, 0.25) is 0 Å². The summed E-state index contributed by atoms with van der Waals surface area (Å²) in [7, 11) is 0.